The Morgan fingerprint density at radius 3 is 2.80 bits per heavy atom. The Bertz CT molecular complexity index is 541. The number of pyridine rings is 1. The van der Waals surface area contributed by atoms with Crippen LogP contribution >= 0.6 is 0 Å². The molecule has 1 fully saturated rings. The molecule has 3 N–H and O–H groups in total. The number of rotatable bonds is 4. The van der Waals surface area contributed by atoms with Crippen LogP contribution in [0.15, 0.2) is 24.4 Å². The number of hydrogen-bond acceptors (Lipinski definition) is 3. The van der Waals surface area contributed by atoms with Gasteiger partial charge in [-0.1, -0.05) is 38.2 Å². The van der Waals surface area contributed by atoms with E-state index in [1.165, 1.54) is 38.5 Å². The largest absolute Gasteiger partial charge is 0.382 e. The lowest BCUT2D eigenvalue weighted by molar-refractivity contribution is 0.338. The van der Waals surface area contributed by atoms with E-state index in [4.69, 9.17) is 5.73 Å². The molecule has 1 aliphatic rings. The minimum atomic E-state index is 0.558. The molecule has 1 saturated carbocycles. The molecule has 4 nitrogen and oxygen atoms in total. The van der Waals surface area contributed by atoms with E-state index < -0.39 is 0 Å². The normalized spacial score (nSPS) is 16.4. The second-order valence-electron chi connectivity index (χ2n) is 5.72. The molecule has 4 heteroatoms. The van der Waals surface area contributed by atoms with Crippen LogP contribution in [-0.4, -0.2) is 15.2 Å². The van der Waals surface area contributed by atoms with Gasteiger partial charge in [-0.25, -0.2) is 0 Å². The molecule has 0 bridgehead atoms. The van der Waals surface area contributed by atoms with E-state index in [0.717, 1.165) is 29.3 Å². The summed E-state index contributed by atoms with van der Waals surface area (Å²) in [7, 11) is 0. The minimum absolute atomic E-state index is 0.558. The first-order valence-corrected chi connectivity index (χ1v) is 7.58. The number of hydrogen-bond donors (Lipinski definition) is 2. The summed E-state index contributed by atoms with van der Waals surface area (Å²) < 4.78 is 0. The number of nitrogens with two attached hydrogens (primary N) is 1. The Labute approximate surface area is 119 Å². The van der Waals surface area contributed by atoms with Crippen molar-refractivity contribution in [1.82, 2.24) is 15.2 Å². The fourth-order valence-corrected chi connectivity index (χ4v) is 3.20. The van der Waals surface area contributed by atoms with Gasteiger partial charge in [0.05, 0.1) is 11.3 Å². The van der Waals surface area contributed by atoms with Crippen LogP contribution in [-0.2, 0) is 6.42 Å². The molecule has 1 aliphatic carbocycles. The monoisotopic (exact) mass is 270 g/mol. The molecule has 2 aromatic heterocycles. The Kier molecular flexibility index (Phi) is 4.00. The lowest BCUT2D eigenvalue weighted by Gasteiger charge is -2.21. The second-order valence-corrected chi connectivity index (χ2v) is 5.72. The smallest absolute Gasteiger partial charge is 0.154 e. The van der Waals surface area contributed by atoms with Gasteiger partial charge >= 0.3 is 0 Å². The summed E-state index contributed by atoms with van der Waals surface area (Å²) >= 11 is 0. The van der Waals surface area contributed by atoms with Gasteiger partial charge < -0.3 is 5.73 Å². The molecule has 0 radical (unpaired) electrons. The predicted molar refractivity (Wildman–Crippen MR) is 81.1 cm³/mol. The molecule has 0 aliphatic heterocycles. The second kappa shape index (κ2) is 6.07. The highest BCUT2D eigenvalue weighted by molar-refractivity contribution is 5.73. The zero-order valence-corrected chi connectivity index (χ0v) is 11.8. The first-order chi connectivity index (χ1) is 9.84. The average molecular weight is 270 g/mol. The van der Waals surface area contributed by atoms with Crippen molar-refractivity contribution in [2.45, 2.75) is 44.9 Å². The molecule has 0 aromatic carbocycles. The number of nitrogen functional groups attached to an aromatic ring is 1. The molecule has 106 valence electrons. The summed E-state index contributed by atoms with van der Waals surface area (Å²) in [6.07, 6.45) is 11.0. The Hall–Kier alpha value is -1.84. The van der Waals surface area contributed by atoms with E-state index in [9.17, 15) is 0 Å². The van der Waals surface area contributed by atoms with E-state index in [0.29, 0.717) is 5.82 Å². The predicted octanol–water partition coefficient (Wildman–Crippen LogP) is 3.57. The molecule has 0 unspecified atom stereocenters. The highest BCUT2D eigenvalue weighted by Crippen LogP contribution is 2.31. The molecule has 2 aromatic rings. The van der Waals surface area contributed by atoms with Gasteiger partial charge in [-0.2, -0.15) is 5.10 Å². The van der Waals surface area contributed by atoms with Crippen molar-refractivity contribution < 1.29 is 0 Å². The third kappa shape index (κ3) is 2.84. The summed E-state index contributed by atoms with van der Waals surface area (Å²) in [6.45, 7) is 0. The number of aromatic amines is 1. The third-order valence-corrected chi connectivity index (χ3v) is 4.32. The maximum absolute atomic E-state index is 6.00. The van der Waals surface area contributed by atoms with Gasteiger partial charge in [-0.3, -0.25) is 10.1 Å². The Morgan fingerprint density at radius 1 is 1.20 bits per heavy atom. The fourth-order valence-electron chi connectivity index (χ4n) is 3.20. The van der Waals surface area contributed by atoms with Crippen molar-refractivity contribution >= 4 is 5.82 Å². The van der Waals surface area contributed by atoms with E-state index in [2.05, 4.69) is 15.2 Å². The van der Waals surface area contributed by atoms with Crippen molar-refractivity contribution in [3.63, 3.8) is 0 Å². The van der Waals surface area contributed by atoms with E-state index >= 15 is 0 Å². The molecule has 0 spiro atoms. The van der Waals surface area contributed by atoms with Crippen molar-refractivity contribution in [3.8, 4) is 11.3 Å². The van der Waals surface area contributed by atoms with Crippen LogP contribution in [0.1, 0.15) is 44.2 Å². The molecule has 20 heavy (non-hydrogen) atoms. The molecule has 0 amide bonds. The highest BCUT2D eigenvalue weighted by Gasteiger charge is 2.17. The van der Waals surface area contributed by atoms with Crippen molar-refractivity contribution in [3.05, 3.63) is 30.1 Å². The lowest BCUT2D eigenvalue weighted by atomic mass is 9.85. The fraction of sp³-hybridized carbons (Fsp3) is 0.500. The molecule has 2 heterocycles. The zero-order valence-electron chi connectivity index (χ0n) is 11.8. The van der Waals surface area contributed by atoms with Gasteiger partial charge in [0.15, 0.2) is 5.82 Å². The molecular formula is C16H22N4. The van der Waals surface area contributed by atoms with Crippen LogP contribution in [0, 0.1) is 5.92 Å². The molecule has 3 rings (SSSR count). The van der Waals surface area contributed by atoms with Gasteiger partial charge in [-0.15, -0.1) is 0 Å². The van der Waals surface area contributed by atoms with E-state index in [-0.39, 0.29) is 0 Å². The standard InChI is InChI=1S/C16H22N4/c17-16-15(13-8-4-5-11-18-13)14(19-20-16)10-9-12-6-2-1-3-7-12/h4-5,8,11-12H,1-3,6-7,9-10H2,(H3,17,19,20). The summed E-state index contributed by atoms with van der Waals surface area (Å²) in [5, 5.41) is 7.27. The lowest BCUT2D eigenvalue weighted by Crippen LogP contribution is -2.07. The number of aromatic nitrogens is 3. The first-order valence-electron chi connectivity index (χ1n) is 7.58. The number of nitrogens with zero attached hydrogens (tertiary/aromatic N) is 2. The molecule has 0 saturated heterocycles. The zero-order chi connectivity index (χ0) is 13.8. The summed E-state index contributed by atoms with van der Waals surface area (Å²) in [5.41, 5.74) is 9.03. The summed E-state index contributed by atoms with van der Waals surface area (Å²) in [5.74, 6) is 1.42. The van der Waals surface area contributed by atoms with Crippen LogP contribution in [0.3, 0.4) is 0 Å². The maximum Gasteiger partial charge on any atom is 0.154 e. The highest BCUT2D eigenvalue weighted by atomic mass is 15.2. The van der Waals surface area contributed by atoms with Crippen LogP contribution in [0.5, 0.6) is 0 Å². The summed E-state index contributed by atoms with van der Waals surface area (Å²) in [6, 6.07) is 5.90. The molecular weight excluding hydrogens is 248 g/mol. The number of aryl methyl sites for hydroxylation is 1. The van der Waals surface area contributed by atoms with Crippen LogP contribution in [0.2, 0.25) is 0 Å². The molecule has 0 atom stereocenters. The Morgan fingerprint density at radius 2 is 2.05 bits per heavy atom. The van der Waals surface area contributed by atoms with E-state index in [1.807, 2.05) is 18.2 Å². The van der Waals surface area contributed by atoms with Crippen molar-refractivity contribution in [2.24, 2.45) is 5.92 Å². The summed E-state index contributed by atoms with van der Waals surface area (Å²) in [4.78, 5) is 4.40. The van der Waals surface area contributed by atoms with Gasteiger partial charge in [0.25, 0.3) is 0 Å². The van der Waals surface area contributed by atoms with E-state index in [1.54, 1.807) is 6.20 Å². The number of nitrogens with one attached hydrogen (secondary N) is 1. The average Bonchev–Trinajstić information content (AvgIpc) is 2.88. The van der Waals surface area contributed by atoms with Crippen LogP contribution in [0.25, 0.3) is 11.3 Å². The van der Waals surface area contributed by atoms with Gasteiger partial charge in [-0.05, 0) is 30.9 Å². The van der Waals surface area contributed by atoms with Gasteiger partial charge in [0, 0.05) is 11.9 Å². The minimum Gasteiger partial charge on any atom is -0.382 e. The van der Waals surface area contributed by atoms with Crippen LogP contribution < -0.4 is 5.73 Å². The first kappa shape index (κ1) is 13.2. The topological polar surface area (TPSA) is 67.6 Å². The van der Waals surface area contributed by atoms with Crippen LogP contribution in [0.4, 0.5) is 5.82 Å². The van der Waals surface area contributed by atoms with Crippen molar-refractivity contribution in [2.75, 3.05) is 5.73 Å². The Balaban J connectivity index is 1.74. The number of H-pyrrole nitrogens is 1. The SMILES string of the molecule is Nc1n[nH]c(CCC2CCCCC2)c1-c1ccccn1. The maximum atomic E-state index is 6.00. The third-order valence-electron chi connectivity index (χ3n) is 4.32. The van der Waals surface area contributed by atoms with Gasteiger partial charge in [0.1, 0.15) is 0 Å². The number of anilines is 1. The quantitative estimate of drug-likeness (QED) is 0.892. The van der Waals surface area contributed by atoms with Crippen molar-refractivity contribution in [1.29, 1.82) is 0 Å². The van der Waals surface area contributed by atoms with Gasteiger partial charge in [0.2, 0.25) is 0 Å².